The molecular weight excluding hydrogens is 195 g/mol. The van der Waals surface area contributed by atoms with Crippen molar-refractivity contribution in [2.75, 3.05) is 0 Å². The lowest BCUT2D eigenvalue weighted by atomic mass is 10.1. The molecule has 1 atom stereocenters. The highest BCUT2D eigenvalue weighted by Gasteiger charge is 2.10. The molecule has 0 heterocycles. The highest BCUT2D eigenvalue weighted by molar-refractivity contribution is 6.33. The Bertz CT molecular complexity index is 287. The number of alkyl halides is 1. The van der Waals surface area contributed by atoms with E-state index in [9.17, 15) is 4.79 Å². The van der Waals surface area contributed by atoms with Crippen LogP contribution in [0.15, 0.2) is 34.9 Å². The van der Waals surface area contributed by atoms with Crippen molar-refractivity contribution < 1.29 is 4.79 Å². The van der Waals surface area contributed by atoms with Crippen molar-refractivity contribution in [1.82, 2.24) is 0 Å². The molecule has 0 fully saturated rings. The van der Waals surface area contributed by atoms with Gasteiger partial charge in [0.25, 0.3) is 0 Å². The molecule has 0 bridgehead atoms. The standard InChI is InChI=1S/C9H8Cl2O/c1-6(12)4-7-2-3-8(10)5-9(7)11/h2-5,9H,1H3. The van der Waals surface area contributed by atoms with Crippen LogP contribution in [0.4, 0.5) is 0 Å². The van der Waals surface area contributed by atoms with Gasteiger partial charge in [-0.2, -0.15) is 0 Å². The monoisotopic (exact) mass is 202 g/mol. The van der Waals surface area contributed by atoms with E-state index >= 15 is 0 Å². The molecule has 1 rings (SSSR count). The first-order chi connectivity index (χ1) is 5.59. The van der Waals surface area contributed by atoms with E-state index in [1.165, 1.54) is 13.0 Å². The summed E-state index contributed by atoms with van der Waals surface area (Å²) in [7, 11) is 0. The molecule has 0 N–H and O–H groups in total. The molecule has 12 heavy (non-hydrogen) atoms. The molecule has 0 spiro atoms. The molecule has 0 aromatic rings. The van der Waals surface area contributed by atoms with Crippen molar-refractivity contribution in [2.45, 2.75) is 12.3 Å². The molecular formula is C9H8Cl2O. The SMILES string of the molecule is CC(=O)C=C1C=CC(Cl)=CC1Cl. The molecule has 0 aromatic carbocycles. The fourth-order valence-corrected chi connectivity index (χ4v) is 1.45. The van der Waals surface area contributed by atoms with Gasteiger partial charge in [0.1, 0.15) is 0 Å². The van der Waals surface area contributed by atoms with Gasteiger partial charge in [0.2, 0.25) is 0 Å². The molecule has 64 valence electrons. The first kappa shape index (κ1) is 9.56. The predicted octanol–water partition coefficient (Wildman–Crippen LogP) is 2.80. The molecule has 1 aliphatic rings. The number of hydrogen-bond acceptors (Lipinski definition) is 1. The molecule has 1 unspecified atom stereocenters. The van der Waals surface area contributed by atoms with Gasteiger partial charge in [-0.3, -0.25) is 4.79 Å². The third-order valence-corrected chi connectivity index (χ3v) is 2.06. The van der Waals surface area contributed by atoms with Crippen LogP contribution in [-0.4, -0.2) is 11.2 Å². The second kappa shape index (κ2) is 3.92. The lowest BCUT2D eigenvalue weighted by molar-refractivity contribution is -0.112. The van der Waals surface area contributed by atoms with E-state index < -0.39 is 0 Å². The highest BCUT2D eigenvalue weighted by Crippen LogP contribution is 2.22. The van der Waals surface area contributed by atoms with Crippen LogP contribution >= 0.6 is 23.2 Å². The van der Waals surface area contributed by atoms with Crippen LogP contribution in [0.25, 0.3) is 0 Å². The zero-order valence-corrected chi connectivity index (χ0v) is 8.06. The van der Waals surface area contributed by atoms with E-state index in [0.717, 1.165) is 5.57 Å². The number of carbonyl (C=O) groups excluding carboxylic acids is 1. The summed E-state index contributed by atoms with van der Waals surface area (Å²) < 4.78 is 0. The molecule has 0 aromatic heterocycles. The Morgan fingerprint density at radius 1 is 1.58 bits per heavy atom. The molecule has 3 heteroatoms. The maximum atomic E-state index is 10.7. The van der Waals surface area contributed by atoms with Gasteiger partial charge in [-0.1, -0.05) is 17.7 Å². The van der Waals surface area contributed by atoms with Gasteiger partial charge in [0.15, 0.2) is 5.78 Å². The number of allylic oxidation sites excluding steroid dienone is 6. The first-order valence-electron chi connectivity index (χ1n) is 3.51. The summed E-state index contributed by atoms with van der Waals surface area (Å²) in [4.78, 5) is 10.7. The van der Waals surface area contributed by atoms with Gasteiger partial charge in [-0.15, -0.1) is 11.6 Å². The summed E-state index contributed by atoms with van der Waals surface area (Å²) in [6.45, 7) is 1.49. The number of carbonyl (C=O) groups is 1. The number of halogens is 2. The van der Waals surface area contributed by atoms with Crippen molar-refractivity contribution in [3.8, 4) is 0 Å². The van der Waals surface area contributed by atoms with Gasteiger partial charge in [0, 0.05) is 5.03 Å². The van der Waals surface area contributed by atoms with Crippen LogP contribution in [0.1, 0.15) is 6.92 Å². The number of hydrogen-bond donors (Lipinski definition) is 0. The van der Waals surface area contributed by atoms with E-state index in [2.05, 4.69) is 0 Å². The maximum absolute atomic E-state index is 10.7. The summed E-state index contributed by atoms with van der Waals surface area (Å²) in [5.41, 5.74) is 0.786. The largest absolute Gasteiger partial charge is 0.295 e. The van der Waals surface area contributed by atoms with Gasteiger partial charge in [0.05, 0.1) is 5.38 Å². The van der Waals surface area contributed by atoms with Crippen LogP contribution in [0.3, 0.4) is 0 Å². The summed E-state index contributed by atoms with van der Waals surface area (Å²) in [6, 6.07) is 0. The van der Waals surface area contributed by atoms with E-state index in [1.54, 1.807) is 18.2 Å². The summed E-state index contributed by atoms with van der Waals surface area (Å²) in [6.07, 6.45) is 6.67. The minimum Gasteiger partial charge on any atom is -0.295 e. The Kier molecular flexibility index (Phi) is 3.12. The molecule has 0 saturated heterocycles. The third kappa shape index (κ3) is 2.50. The van der Waals surface area contributed by atoms with Crippen molar-refractivity contribution in [1.29, 1.82) is 0 Å². The lowest BCUT2D eigenvalue weighted by Gasteiger charge is -2.09. The Hall–Kier alpha value is -0.530. The number of ketones is 1. The topological polar surface area (TPSA) is 17.1 Å². The normalized spacial score (nSPS) is 25.8. The van der Waals surface area contributed by atoms with Crippen LogP contribution in [0.2, 0.25) is 0 Å². The van der Waals surface area contributed by atoms with E-state index in [-0.39, 0.29) is 11.2 Å². The smallest absolute Gasteiger partial charge is 0.152 e. The van der Waals surface area contributed by atoms with Gasteiger partial charge in [-0.05, 0) is 30.7 Å². The minimum atomic E-state index is -0.286. The van der Waals surface area contributed by atoms with Crippen molar-refractivity contribution in [2.24, 2.45) is 0 Å². The first-order valence-corrected chi connectivity index (χ1v) is 4.32. The summed E-state index contributed by atoms with van der Waals surface area (Å²) in [5, 5.41) is 0.321. The molecule has 0 amide bonds. The second-order valence-corrected chi connectivity index (χ2v) is 3.45. The zero-order chi connectivity index (χ0) is 9.14. The van der Waals surface area contributed by atoms with Crippen molar-refractivity contribution in [3.05, 3.63) is 34.9 Å². The predicted molar refractivity (Wildman–Crippen MR) is 51.5 cm³/mol. The Morgan fingerprint density at radius 3 is 2.75 bits per heavy atom. The molecule has 0 saturated carbocycles. The zero-order valence-electron chi connectivity index (χ0n) is 6.55. The summed E-state index contributed by atoms with van der Waals surface area (Å²) in [5.74, 6) is -0.00766. The molecule has 1 nitrogen and oxygen atoms in total. The Balaban J connectivity index is 2.86. The van der Waals surface area contributed by atoms with Crippen LogP contribution < -0.4 is 0 Å². The van der Waals surface area contributed by atoms with E-state index in [4.69, 9.17) is 23.2 Å². The lowest BCUT2D eigenvalue weighted by Crippen LogP contribution is -2.03. The third-order valence-electron chi connectivity index (χ3n) is 1.43. The second-order valence-electron chi connectivity index (χ2n) is 2.54. The average Bonchev–Trinajstić information content (AvgIpc) is 1.94. The maximum Gasteiger partial charge on any atom is 0.152 e. The summed E-state index contributed by atoms with van der Waals surface area (Å²) >= 11 is 11.6. The minimum absolute atomic E-state index is 0.00766. The van der Waals surface area contributed by atoms with Crippen LogP contribution in [0.5, 0.6) is 0 Å². The van der Waals surface area contributed by atoms with Crippen molar-refractivity contribution in [3.63, 3.8) is 0 Å². The van der Waals surface area contributed by atoms with Gasteiger partial charge >= 0.3 is 0 Å². The quantitative estimate of drug-likeness (QED) is 0.473. The molecule has 0 aliphatic heterocycles. The Morgan fingerprint density at radius 2 is 2.25 bits per heavy atom. The highest BCUT2D eigenvalue weighted by atomic mass is 35.5. The fraction of sp³-hybridized carbons (Fsp3) is 0.222. The average molecular weight is 203 g/mol. The molecule has 1 aliphatic carbocycles. The van der Waals surface area contributed by atoms with E-state index in [1.807, 2.05) is 0 Å². The Labute approximate surface area is 81.4 Å². The molecule has 0 radical (unpaired) electrons. The number of rotatable bonds is 1. The van der Waals surface area contributed by atoms with Gasteiger partial charge in [-0.25, -0.2) is 0 Å². The van der Waals surface area contributed by atoms with Gasteiger partial charge < -0.3 is 0 Å². The van der Waals surface area contributed by atoms with Crippen molar-refractivity contribution >= 4 is 29.0 Å². The fourth-order valence-electron chi connectivity index (χ4n) is 0.922. The van der Waals surface area contributed by atoms with E-state index in [0.29, 0.717) is 5.03 Å². The van der Waals surface area contributed by atoms with Crippen LogP contribution in [0, 0.1) is 0 Å². The van der Waals surface area contributed by atoms with Crippen LogP contribution in [-0.2, 0) is 4.79 Å².